The van der Waals surface area contributed by atoms with Crippen LogP contribution in [0.3, 0.4) is 0 Å². The topological polar surface area (TPSA) is 89.3 Å². The van der Waals surface area contributed by atoms with Crippen LogP contribution in [0.2, 0.25) is 0 Å². The number of hydrogen-bond donors (Lipinski definition) is 3. The largest absolute Gasteiger partial charge is 0.444 e. The first kappa shape index (κ1) is 17.9. The average molecular weight is 320 g/mol. The van der Waals surface area contributed by atoms with Gasteiger partial charge in [-0.3, -0.25) is 0 Å². The van der Waals surface area contributed by atoms with Crippen LogP contribution in [0.15, 0.2) is 12.3 Å². The minimum Gasteiger partial charge on any atom is -0.444 e. The third-order valence-electron chi connectivity index (χ3n) is 2.34. The second-order valence-electron chi connectivity index (χ2n) is 5.51. The number of ether oxygens (including phenoxy) is 1. The third-order valence-corrected chi connectivity index (χ3v) is 2.34. The average Bonchev–Trinajstić information content (AvgIpc) is 2.32. The van der Waals surface area contributed by atoms with Gasteiger partial charge in [0.25, 0.3) is 0 Å². The molecule has 0 fully saturated rings. The number of alkyl carbamates (subject to hydrolysis) is 1. The van der Waals surface area contributed by atoms with E-state index in [1.54, 1.807) is 20.8 Å². The van der Waals surface area contributed by atoms with E-state index in [1.165, 1.54) is 0 Å². The number of carbonyl (C=O) groups is 1. The van der Waals surface area contributed by atoms with Crippen molar-refractivity contribution in [2.24, 2.45) is 0 Å². The van der Waals surface area contributed by atoms with E-state index in [1.807, 2.05) is 0 Å². The molecule has 0 aliphatic carbocycles. The van der Waals surface area contributed by atoms with Gasteiger partial charge in [0.05, 0.1) is 17.4 Å². The molecule has 0 aliphatic rings. The van der Waals surface area contributed by atoms with Gasteiger partial charge in [0, 0.05) is 13.1 Å². The molecule has 1 aromatic heterocycles. The van der Waals surface area contributed by atoms with Crippen molar-refractivity contribution in [1.82, 2.24) is 10.3 Å². The van der Waals surface area contributed by atoms with E-state index >= 15 is 0 Å². The number of nitrogens with zero attached hydrogens (tertiary/aromatic N) is 1. The molecule has 0 bridgehead atoms. The number of carbonyl (C=O) groups excluding carboxylic acids is 1. The van der Waals surface area contributed by atoms with Gasteiger partial charge in [-0.1, -0.05) is 0 Å². The number of alkyl halides is 3. The summed E-state index contributed by atoms with van der Waals surface area (Å²) < 4.78 is 43.5. The number of hydrogen-bond acceptors (Lipinski definition) is 5. The van der Waals surface area contributed by atoms with Gasteiger partial charge in [0.1, 0.15) is 11.4 Å². The minimum absolute atomic E-state index is 0.0773. The second-order valence-corrected chi connectivity index (χ2v) is 5.51. The number of aromatic nitrogens is 1. The van der Waals surface area contributed by atoms with E-state index in [0.29, 0.717) is 0 Å². The zero-order valence-corrected chi connectivity index (χ0v) is 12.5. The summed E-state index contributed by atoms with van der Waals surface area (Å²) in [7, 11) is 0. The van der Waals surface area contributed by atoms with Crippen LogP contribution in [0.5, 0.6) is 0 Å². The molecule has 1 heterocycles. The summed E-state index contributed by atoms with van der Waals surface area (Å²) in [5, 5.41) is 4.99. The van der Waals surface area contributed by atoms with Gasteiger partial charge >= 0.3 is 12.3 Å². The molecule has 22 heavy (non-hydrogen) atoms. The molecule has 0 aromatic carbocycles. The fourth-order valence-electron chi connectivity index (χ4n) is 1.52. The smallest absolute Gasteiger partial charge is 0.418 e. The summed E-state index contributed by atoms with van der Waals surface area (Å²) in [5.74, 6) is -0.218. The lowest BCUT2D eigenvalue weighted by molar-refractivity contribution is -0.137. The van der Waals surface area contributed by atoms with Crippen LogP contribution in [0, 0.1) is 0 Å². The van der Waals surface area contributed by atoms with Crippen LogP contribution in [0.4, 0.5) is 29.5 Å². The molecule has 0 unspecified atom stereocenters. The van der Waals surface area contributed by atoms with E-state index in [4.69, 9.17) is 10.5 Å². The minimum atomic E-state index is -4.54. The van der Waals surface area contributed by atoms with Crippen molar-refractivity contribution in [2.45, 2.75) is 32.5 Å². The van der Waals surface area contributed by atoms with Crippen LogP contribution in [-0.2, 0) is 10.9 Å². The Kier molecular flexibility index (Phi) is 5.45. The fourth-order valence-corrected chi connectivity index (χ4v) is 1.52. The monoisotopic (exact) mass is 320 g/mol. The second kappa shape index (κ2) is 6.71. The molecule has 0 spiro atoms. The number of anilines is 2. The lowest BCUT2D eigenvalue weighted by Gasteiger charge is -2.20. The first-order valence-electron chi connectivity index (χ1n) is 6.52. The quantitative estimate of drug-likeness (QED) is 0.742. The van der Waals surface area contributed by atoms with Gasteiger partial charge < -0.3 is 21.1 Å². The Bertz CT molecular complexity index is 527. The molecule has 1 amide bonds. The number of rotatable bonds is 4. The van der Waals surface area contributed by atoms with Crippen LogP contribution in [0.25, 0.3) is 0 Å². The van der Waals surface area contributed by atoms with Gasteiger partial charge in [0.15, 0.2) is 0 Å². The molecule has 1 aromatic rings. The zero-order chi connectivity index (χ0) is 17.0. The molecule has 6 nitrogen and oxygen atoms in total. The van der Waals surface area contributed by atoms with Crippen molar-refractivity contribution in [3.63, 3.8) is 0 Å². The molecule has 124 valence electrons. The maximum atomic E-state index is 12.8. The molecular formula is C13H19F3N4O2. The van der Waals surface area contributed by atoms with Gasteiger partial charge in [-0.25, -0.2) is 9.78 Å². The molecule has 0 saturated heterocycles. The lowest BCUT2D eigenvalue weighted by Crippen LogP contribution is -2.35. The van der Waals surface area contributed by atoms with Gasteiger partial charge in [-0.2, -0.15) is 13.2 Å². The van der Waals surface area contributed by atoms with Crippen molar-refractivity contribution >= 4 is 17.6 Å². The highest BCUT2D eigenvalue weighted by atomic mass is 19.4. The van der Waals surface area contributed by atoms with E-state index in [-0.39, 0.29) is 24.6 Å². The summed E-state index contributed by atoms with van der Waals surface area (Å²) in [6.07, 6.45) is -4.18. The van der Waals surface area contributed by atoms with E-state index in [2.05, 4.69) is 15.6 Å². The summed E-state index contributed by atoms with van der Waals surface area (Å²) in [6.45, 7) is 5.30. The Balaban J connectivity index is 2.54. The van der Waals surface area contributed by atoms with Crippen LogP contribution in [-0.4, -0.2) is 29.8 Å². The van der Waals surface area contributed by atoms with Gasteiger partial charge in [-0.05, 0) is 26.8 Å². The maximum absolute atomic E-state index is 12.8. The SMILES string of the molecule is CC(C)(C)OC(=O)NCCNc1cnc(N)cc1C(F)(F)F. The number of nitrogens with two attached hydrogens (primary N) is 1. The van der Waals surface area contributed by atoms with Crippen LogP contribution >= 0.6 is 0 Å². The molecule has 0 aliphatic heterocycles. The first-order chi connectivity index (χ1) is 9.99. The standard InChI is InChI=1S/C13H19F3N4O2/c1-12(2,3)22-11(21)19-5-4-18-9-7-20-10(17)6-8(9)13(14,15)16/h6-7,18H,4-5H2,1-3H3,(H2,17,20)(H,19,21). The Hall–Kier alpha value is -2.19. The van der Waals surface area contributed by atoms with Crippen molar-refractivity contribution in [1.29, 1.82) is 0 Å². The number of nitrogen functional groups attached to an aromatic ring is 1. The van der Waals surface area contributed by atoms with Gasteiger partial charge in [-0.15, -0.1) is 0 Å². The summed E-state index contributed by atoms with van der Waals surface area (Å²) in [4.78, 5) is 15.0. The molecule has 4 N–H and O–H groups in total. The number of nitrogens with one attached hydrogen (secondary N) is 2. The maximum Gasteiger partial charge on any atom is 0.418 e. The highest BCUT2D eigenvalue weighted by Gasteiger charge is 2.34. The predicted octanol–water partition coefficient (Wildman–Crippen LogP) is 2.62. The van der Waals surface area contributed by atoms with E-state index in [9.17, 15) is 18.0 Å². The lowest BCUT2D eigenvalue weighted by atomic mass is 10.2. The van der Waals surface area contributed by atoms with Crippen molar-refractivity contribution in [3.05, 3.63) is 17.8 Å². The Labute approximate surface area is 126 Å². The number of amides is 1. The van der Waals surface area contributed by atoms with Crippen molar-refractivity contribution < 1.29 is 22.7 Å². The molecule has 9 heteroatoms. The Morgan fingerprint density at radius 2 is 1.95 bits per heavy atom. The Morgan fingerprint density at radius 3 is 2.50 bits per heavy atom. The summed E-state index contributed by atoms with van der Waals surface area (Å²) in [5.41, 5.74) is 3.52. The van der Waals surface area contributed by atoms with Crippen molar-refractivity contribution in [2.75, 3.05) is 24.1 Å². The van der Waals surface area contributed by atoms with E-state index in [0.717, 1.165) is 12.3 Å². The predicted molar refractivity (Wildman–Crippen MR) is 76.4 cm³/mol. The molecule has 1 rings (SSSR count). The summed E-state index contributed by atoms with van der Waals surface area (Å²) in [6, 6.07) is 0.754. The molecular weight excluding hydrogens is 301 g/mol. The molecule has 0 atom stereocenters. The van der Waals surface area contributed by atoms with E-state index < -0.39 is 23.4 Å². The zero-order valence-electron chi connectivity index (χ0n) is 12.5. The number of pyridine rings is 1. The highest BCUT2D eigenvalue weighted by Crippen LogP contribution is 2.35. The Morgan fingerprint density at radius 1 is 1.32 bits per heavy atom. The normalized spacial score (nSPS) is 11.9. The van der Waals surface area contributed by atoms with Crippen LogP contribution < -0.4 is 16.4 Å². The molecule has 0 radical (unpaired) electrons. The third kappa shape index (κ3) is 6.06. The van der Waals surface area contributed by atoms with Crippen LogP contribution in [0.1, 0.15) is 26.3 Å². The van der Waals surface area contributed by atoms with Crippen molar-refractivity contribution in [3.8, 4) is 0 Å². The molecule has 0 saturated carbocycles. The fraction of sp³-hybridized carbons (Fsp3) is 0.538. The van der Waals surface area contributed by atoms with Gasteiger partial charge in [0.2, 0.25) is 0 Å². The highest BCUT2D eigenvalue weighted by molar-refractivity contribution is 5.67. The number of halogens is 3. The summed E-state index contributed by atoms with van der Waals surface area (Å²) >= 11 is 0. The first-order valence-corrected chi connectivity index (χ1v) is 6.52.